The van der Waals surface area contributed by atoms with Crippen molar-refractivity contribution in [2.75, 3.05) is 31.5 Å². The fourth-order valence-electron chi connectivity index (χ4n) is 4.49. The average molecular weight is 500 g/mol. The van der Waals surface area contributed by atoms with E-state index in [0.29, 0.717) is 17.0 Å². The highest BCUT2D eigenvalue weighted by Gasteiger charge is 2.16. The molecule has 0 atom stereocenters. The van der Waals surface area contributed by atoms with Crippen LogP contribution in [0, 0.1) is 0 Å². The lowest BCUT2D eigenvalue weighted by atomic mass is 10.1. The van der Waals surface area contributed by atoms with Crippen molar-refractivity contribution in [1.29, 1.82) is 0 Å². The summed E-state index contributed by atoms with van der Waals surface area (Å²) in [4.78, 5) is 24.3. The van der Waals surface area contributed by atoms with Crippen molar-refractivity contribution in [2.45, 2.75) is 6.54 Å². The maximum Gasteiger partial charge on any atom is 0.275 e. The van der Waals surface area contributed by atoms with Crippen LogP contribution in [0.3, 0.4) is 0 Å². The summed E-state index contributed by atoms with van der Waals surface area (Å²) in [7, 11) is 0. The van der Waals surface area contributed by atoms with Crippen LogP contribution < -0.4 is 10.6 Å². The quantitative estimate of drug-likeness (QED) is 0.349. The largest absolute Gasteiger partial charge is 0.456 e. The molecular weight excluding hydrogens is 474 g/mol. The number of anilines is 1. The van der Waals surface area contributed by atoms with E-state index < -0.39 is 0 Å². The number of carbonyl (C=O) groups excluding carboxylic acids is 1. The van der Waals surface area contributed by atoms with Crippen molar-refractivity contribution in [3.8, 4) is 11.3 Å². The fourth-order valence-corrected chi connectivity index (χ4v) is 4.49. The summed E-state index contributed by atoms with van der Waals surface area (Å²) in [5.74, 6) is 0.393. The predicted octanol–water partition coefficient (Wildman–Crippen LogP) is 5.12. The Bertz CT molecular complexity index is 1530. The van der Waals surface area contributed by atoms with Crippen LogP contribution in [0.15, 0.2) is 83.4 Å². The maximum absolute atomic E-state index is 13.0. The summed E-state index contributed by atoms with van der Waals surface area (Å²) in [6.45, 7) is 5.07. The Morgan fingerprint density at radius 3 is 2.61 bits per heavy atom. The summed E-state index contributed by atoms with van der Waals surface area (Å²) < 4.78 is 6.26. The molecule has 36 heavy (non-hydrogen) atoms. The van der Waals surface area contributed by atoms with Crippen LogP contribution in [0.1, 0.15) is 16.1 Å². The van der Waals surface area contributed by atoms with E-state index in [-0.39, 0.29) is 24.0 Å². The van der Waals surface area contributed by atoms with Crippen molar-refractivity contribution >= 4 is 46.0 Å². The minimum absolute atomic E-state index is 0. The van der Waals surface area contributed by atoms with Gasteiger partial charge in [0, 0.05) is 43.7 Å². The molecule has 1 saturated heterocycles. The molecule has 8 heteroatoms. The molecule has 3 aromatic carbocycles. The standard InChI is InChI=1S/C28H25N5O2.ClH/c34-28(25-17-30-23-7-3-4-8-24(23)31-25)32-22-6-2-1-5-21(22)27-16-20-10-9-19(15-26(20)35-27)18-33-13-11-29-12-14-33;/h1-10,15-17,29H,11-14,18H2,(H,32,34);1H. The first-order chi connectivity index (χ1) is 17.2. The third-order valence-corrected chi connectivity index (χ3v) is 6.32. The second-order valence-corrected chi connectivity index (χ2v) is 8.75. The average Bonchev–Trinajstić information content (AvgIpc) is 3.32. The van der Waals surface area contributed by atoms with Crippen LogP contribution in [-0.2, 0) is 6.54 Å². The highest BCUT2D eigenvalue weighted by molar-refractivity contribution is 6.05. The number of nitrogens with one attached hydrogen (secondary N) is 2. The van der Waals surface area contributed by atoms with E-state index in [0.717, 1.165) is 54.8 Å². The van der Waals surface area contributed by atoms with Crippen molar-refractivity contribution in [2.24, 2.45) is 0 Å². The van der Waals surface area contributed by atoms with Gasteiger partial charge in [-0.25, -0.2) is 4.98 Å². The van der Waals surface area contributed by atoms with Crippen molar-refractivity contribution in [3.63, 3.8) is 0 Å². The molecule has 1 aliphatic rings. The van der Waals surface area contributed by atoms with Gasteiger partial charge >= 0.3 is 0 Å². The van der Waals surface area contributed by atoms with Crippen LogP contribution in [0.25, 0.3) is 33.3 Å². The Kier molecular flexibility index (Phi) is 6.95. The second-order valence-electron chi connectivity index (χ2n) is 8.75. The number of fused-ring (bicyclic) bond motifs is 2. The minimum Gasteiger partial charge on any atom is -0.456 e. The van der Waals surface area contributed by atoms with Gasteiger partial charge in [-0.1, -0.05) is 36.4 Å². The zero-order valence-electron chi connectivity index (χ0n) is 19.6. The molecule has 0 spiro atoms. The molecular formula is C28H26ClN5O2. The molecule has 2 aromatic heterocycles. The Labute approximate surface area is 215 Å². The molecule has 2 N–H and O–H groups in total. The molecule has 1 aliphatic heterocycles. The van der Waals surface area contributed by atoms with Crippen LogP contribution in [0.5, 0.6) is 0 Å². The molecule has 0 radical (unpaired) electrons. The number of furan rings is 1. The first-order valence-electron chi connectivity index (χ1n) is 11.8. The van der Waals surface area contributed by atoms with Gasteiger partial charge in [-0.3, -0.25) is 14.7 Å². The summed E-state index contributed by atoms with van der Waals surface area (Å²) in [6.07, 6.45) is 1.50. The number of para-hydroxylation sites is 3. The van der Waals surface area contributed by atoms with E-state index in [1.807, 2.05) is 54.6 Å². The van der Waals surface area contributed by atoms with Gasteiger partial charge in [0.15, 0.2) is 0 Å². The number of benzene rings is 3. The second kappa shape index (κ2) is 10.5. The summed E-state index contributed by atoms with van der Waals surface area (Å²) >= 11 is 0. The third-order valence-electron chi connectivity index (χ3n) is 6.32. The predicted molar refractivity (Wildman–Crippen MR) is 145 cm³/mol. The van der Waals surface area contributed by atoms with Crippen molar-refractivity contribution in [1.82, 2.24) is 20.2 Å². The Morgan fingerprint density at radius 1 is 0.972 bits per heavy atom. The van der Waals surface area contributed by atoms with E-state index in [2.05, 4.69) is 43.7 Å². The van der Waals surface area contributed by atoms with E-state index in [1.54, 1.807) is 0 Å². The molecule has 1 fully saturated rings. The lowest BCUT2D eigenvalue weighted by molar-refractivity contribution is 0.102. The number of hydrogen-bond acceptors (Lipinski definition) is 6. The number of nitrogens with zero attached hydrogens (tertiary/aromatic N) is 3. The van der Waals surface area contributed by atoms with Gasteiger partial charge in [0.05, 0.1) is 22.9 Å². The molecule has 6 rings (SSSR count). The van der Waals surface area contributed by atoms with Crippen LogP contribution in [0.4, 0.5) is 5.69 Å². The topological polar surface area (TPSA) is 83.3 Å². The summed E-state index contributed by atoms with van der Waals surface area (Å²) in [6, 6.07) is 23.5. The zero-order valence-corrected chi connectivity index (χ0v) is 20.4. The van der Waals surface area contributed by atoms with Gasteiger partial charge in [0.1, 0.15) is 17.0 Å². The van der Waals surface area contributed by atoms with Gasteiger partial charge in [-0.2, -0.15) is 0 Å². The van der Waals surface area contributed by atoms with Gasteiger partial charge in [0.2, 0.25) is 0 Å². The molecule has 0 aliphatic carbocycles. The number of rotatable bonds is 5. The fraction of sp³-hybridized carbons (Fsp3) is 0.179. The number of halogens is 1. The third kappa shape index (κ3) is 4.95. The normalized spacial score (nSPS) is 14.0. The monoisotopic (exact) mass is 499 g/mol. The van der Waals surface area contributed by atoms with E-state index in [1.165, 1.54) is 11.8 Å². The van der Waals surface area contributed by atoms with E-state index >= 15 is 0 Å². The van der Waals surface area contributed by atoms with Crippen molar-refractivity contribution in [3.05, 3.63) is 90.3 Å². The molecule has 0 unspecified atom stereocenters. The summed E-state index contributed by atoms with van der Waals surface area (Å²) in [5.41, 5.74) is 5.25. The number of carbonyl (C=O) groups is 1. The summed E-state index contributed by atoms with van der Waals surface area (Å²) in [5, 5.41) is 7.41. The molecule has 0 bridgehead atoms. The first-order valence-corrected chi connectivity index (χ1v) is 11.8. The highest BCUT2D eigenvalue weighted by Crippen LogP contribution is 2.33. The number of hydrogen-bond donors (Lipinski definition) is 2. The Morgan fingerprint density at radius 2 is 1.75 bits per heavy atom. The van der Waals surface area contributed by atoms with Crippen LogP contribution in [-0.4, -0.2) is 47.0 Å². The van der Waals surface area contributed by atoms with Crippen molar-refractivity contribution < 1.29 is 9.21 Å². The van der Waals surface area contributed by atoms with Gasteiger partial charge < -0.3 is 15.1 Å². The number of amides is 1. The molecule has 7 nitrogen and oxygen atoms in total. The zero-order chi connectivity index (χ0) is 23.6. The number of piperazine rings is 1. The SMILES string of the molecule is Cl.O=C(Nc1ccccc1-c1cc2ccc(CN3CCNCC3)cc2o1)c1cnc2ccccc2n1. The van der Waals surface area contributed by atoms with Crippen LogP contribution in [0.2, 0.25) is 0 Å². The lowest BCUT2D eigenvalue weighted by Crippen LogP contribution is -2.42. The van der Waals surface area contributed by atoms with Gasteiger partial charge in [-0.05, 0) is 42.0 Å². The minimum atomic E-state index is -0.315. The molecule has 0 saturated carbocycles. The van der Waals surface area contributed by atoms with Crippen LogP contribution >= 0.6 is 12.4 Å². The Hall–Kier alpha value is -3.78. The van der Waals surface area contributed by atoms with E-state index in [9.17, 15) is 4.79 Å². The molecule has 1 amide bonds. The Balaban J connectivity index is 0.00000267. The lowest BCUT2D eigenvalue weighted by Gasteiger charge is -2.27. The smallest absolute Gasteiger partial charge is 0.275 e. The number of aromatic nitrogens is 2. The van der Waals surface area contributed by atoms with Gasteiger partial charge in [0.25, 0.3) is 5.91 Å². The molecule has 5 aromatic rings. The van der Waals surface area contributed by atoms with Gasteiger partial charge in [-0.15, -0.1) is 12.4 Å². The molecule has 182 valence electrons. The maximum atomic E-state index is 13.0. The first kappa shape index (κ1) is 23.9. The molecule has 3 heterocycles. The van der Waals surface area contributed by atoms with E-state index in [4.69, 9.17) is 4.42 Å². The highest BCUT2D eigenvalue weighted by atomic mass is 35.5.